The van der Waals surface area contributed by atoms with E-state index in [1.165, 1.54) is 30.3 Å². The lowest BCUT2D eigenvalue weighted by Crippen LogP contribution is -2.42. The minimum absolute atomic E-state index is 0.0142. The van der Waals surface area contributed by atoms with Crippen molar-refractivity contribution in [3.8, 4) is 0 Å². The average molecular weight is 572 g/mol. The molecule has 0 spiro atoms. The van der Waals surface area contributed by atoms with Gasteiger partial charge < -0.3 is 15.5 Å². The zero-order chi connectivity index (χ0) is 28.6. The number of carbonyl (C=O) groups is 2. The maximum absolute atomic E-state index is 14.4. The van der Waals surface area contributed by atoms with Crippen molar-refractivity contribution in [3.63, 3.8) is 0 Å². The zero-order valence-electron chi connectivity index (χ0n) is 20.1. The van der Waals surface area contributed by atoms with E-state index >= 15 is 0 Å². The third-order valence-electron chi connectivity index (χ3n) is 6.07. The average Bonchev–Trinajstić information content (AvgIpc) is 3.31. The van der Waals surface area contributed by atoms with Crippen LogP contribution in [0.5, 0.6) is 0 Å². The van der Waals surface area contributed by atoms with E-state index in [0.717, 1.165) is 0 Å². The molecule has 3 aromatic carbocycles. The first-order chi connectivity index (χ1) is 18.2. The first-order valence-electron chi connectivity index (χ1n) is 11.4. The molecule has 2 amide bonds. The number of aryl methyl sites for hydroxylation is 1. The zero-order valence-corrected chi connectivity index (χ0v) is 20.9. The van der Waals surface area contributed by atoms with E-state index in [2.05, 4.69) is 10.5 Å². The Morgan fingerprint density at radius 3 is 2.33 bits per heavy atom. The van der Waals surface area contributed by atoms with Crippen molar-refractivity contribution in [1.82, 2.24) is 10.6 Å². The molecule has 0 bridgehead atoms. The molecule has 0 saturated heterocycles. The molecule has 1 unspecified atom stereocenters. The fraction of sp³-hybridized carbons (Fsp3) is 0.269. The van der Waals surface area contributed by atoms with Crippen molar-refractivity contribution in [2.75, 3.05) is 13.1 Å². The van der Waals surface area contributed by atoms with Gasteiger partial charge in [0.15, 0.2) is 0 Å². The summed E-state index contributed by atoms with van der Waals surface area (Å²) < 4.78 is 80.1. The van der Waals surface area contributed by atoms with Gasteiger partial charge in [-0.2, -0.15) is 26.3 Å². The normalized spacial score (nSPS) is 17.5. The summed E-state index contributed by atoms with van der Waals surface area (Å²) >= 11 is 6.03. The molecule has 0 fully saturated rings. The summed E-state index contributed by atoms with van der Waals surface area (Å²) in [6.45, 7) is -0.649. The maximum Gasteiger partial charge on any atom is 0.435 e. The number of carbonyl (C=O) groups excluding carboxylic acids is 2. The lowest BCUT2D eigenvalue weighted by Gasteiger charge is -2.30. The van der Waals surface area contributed by atoms with Crippen LogP contribution in [0.15, 0.2) is 59.8 Å². The van der Waals surface area contributed by atoms with Gasteiger partial charge >= 0.3 is 12.4 Å². The van der Waals surface area contributed by atoms with Gasteiger partial charge in [0.2, 0.25) is 5.91 Å². The Labute approximate surface area is 222 Å². The Hall–Kier alpha value is -3.80. The van der Waals surface area contributed by atoms with E-state index in [1.54, 1.807) is 36.5 Å². The van der Waals surface area contributed by atoms with Crippen LogP contribution in [0.1, 0.15) is 33.5 Å². The molecule has 1 aliphatic rings. The summed E-state index contributed by atoms with van der Waals surface area (Å²) in [6, 6.07) is 13.1. The van der Waals surface area contributed by atoms with E-state index in [4.69, 9.17) is 16.4 Å². The van der Waals surface area contributed by atoms with Gasteiger partial charge in [-0.05, 0) is 41.5 Å². The Bertz CT molecular complexity index is 1450. The number of alkyl halides is 6. The highest BCUT2D eigenvalue weighted by Gasteiger charge is 2.62. The molecule has 0 radical (unpaired) electrons. The predicted octanol–water partition coefficient (Wildman–Crippen LogP) is 5.79. The Kier molecular flexibility index (Phi) is 7.53. The lowest BCUT2D eigenvalue weighted by molar-refractivity contribution is -0.275. The van der Waals surface area contributed by atoms with Gasteiger partial charge in [0.25, 0.3) is 11.5 Å². The van der Waals surface area contributed by atoms with Crippen molar-refractivity contribution >= 4 is 39.9 Å². The Morgan fingerprint density at radius 2 is 1.69 bits per heavy atom. The molecule has 1 atom stereocenters. The summed E-state index contributed by atoms with van der Waals surface area (Å²) in [4.78, 5) is 29.5. The number of nitrogens with zero attached hydrogens (tertiary/aromatic N) is 1. The van der Waals surface area contributed by atoms with Crippen molar-refractivity contribution in [3.05, 3.63) is 81.9 Å². The van der Waals surface area contributed by atoms with Gasteiger partial charge in [-0.25, -0.2) is 0 Å². The molecule has 39 heavy (non-hydrogen) atoms. The van der Waals surface area contributed by atoms with E-state index in [9.17, 15) is 35.9 Å². The highest BCUT2D eigenvalue weighted by atomic mass is 35.5. The number of oxime groups is 1. The Balaban J connectivity index is 1.62. The van der Waals surface area contributed by atoms with Crippen LogP contribution in [-0.4, -0.2) is 43.0 Å². The molecule has 0 saturated carbocycles. The van der Waals surface area contributed by atoms with Crippen LogP contribution in [0.25, 0.3) is 10.8 Å². The largest absolute Gasteiger partial charge is 0.435 e. The summed E-state index contributed by atoms with van der Waals surface area (Å²) in [5, 5.41) is 8.51. The third kappa shape index (κ3) is 5.95. The molecular formula is C26H20ClF6N3O3. The van der Waals surface area contributed by atoms with Crippen LogP contribution in [0.2, 0.25) is 5.02 Å². The van der Waals surface area contributed by atoms with Gasteiger partial charge in [-0.15, -0.1) is 0 Å². The predicted molar refractivity (Wildman–Crippen MR) is 132 cm³/mol. The highest BCUT2D eigenvalue weighted by Crippen LogP contribution is 2.49. The summed E-state index contributed by atoms with van der Waals surface area (Å²) in [5.41, 5.74) is -2.15. The van der Waals surface area contributed by atoms with Crippen LogP contribution >= 0.6 is 11.6 Å². The van der Waals surface area contributed by atoms with Gasteiger partial charge in [-0.1, -0.05) is 53.2 Å². The second kappa shape index (κ2) is 10.4. The molecule has 1 aliphatic heterocycles. The van der Waals surface area contributed by atoms with E-state index < -0.39 is 49.3 Å². The van der Waals surface area contributed by atoms with Crippen LogP contribution in [0, 0.1) is 6.92 Å². The van der Waals surface area contributed by atoms with Crippen molar-refractivity contribution in [1.29, 1.82) is 0 Å². The number of halogens is 7. The molecule has 6 nitrogen and oxygen atoms in total. The standard InChI is InChI=1S/C26H20ClF6N3O3/c1-14-8-15(10-16(27)9-14)24(26(31,32)33)11-21(36-39-24)19-6-7-20(18-5-3-2-4-17(18)19)23(38)34-12-22(37)35-13-25(28,29)30/h2-10H,11-13H2,1H3,(H,34,38)(H,35,37). The minimum atomic E-state index is -4.85. The first kappa shape index (κ1) is 28.2. The topological polar surface area (TPSA) is 79.8 Å². The monoisotopic (exact) mass is 571 g/mol. The lowest BCUT2D eigenvalue weighted by atomic mass is 9.84. The number of fused-ring (bicyclic) bond motifs is 1. The van der Waals surface area contributed by atoms with Gasteiger partial charge in [0.1, 0.15) is 6.54 Å². The number of hydrogen-bond donors (Lipinski definition) is 2. The minimum Gasteiger partial charge on any atom is -0.374 e. The van der Waals surface area contributed by atoms with Crippen molar-refractivity contribution in [2.24, 2.45) is 5.16 Å². The van der Waals surface area contributed by atoms with Crippen molar-refractivity contribution < 1.29 is 40.8 Å². The summed E-state index contributed by atoms with van der Waals surface area (Å²) in [6.07, 6.45) is -10.1. The molecular weight excluding hydrogens is 552 g/mol. The molecule has 206 valence electrons. The fourth-order valence-corrected chi connectivity index (χ4v) is 4.57. The third-order valence-corrected chi connectivity index (χ3v) is 6.29. The van der Waals surface area contributed by atoms with E-state index in [0.29, 0.717) is 16.3 Å². The molecule has 4 rings (SSSR count). The number of amides is 2. The number of hydrogen-bond acceptors (Lipinski definition) is 4. The molecule has 0 aromatic heterocycles. The number of nitrogens with one attached hydrogen (secondary N) is 2. The number of benzene rings is 3. The molecule has 3 aromatic rings. The van der Waals surface area contributed by atoms with Crippen LogP contribution < -0.4 is 10.6 Å². The molecule has 2 N–H and O–H groups in total. The van der Waals surface area contributed by atoms with E-state index in [1.807, 2.05) is 0 Å². The smallest absolute Gasteiger partial charge is 0.374 e. The second-order valence-electron chi connectivity index (χ2n) is 8.93. The fourth-order valence-electron chi connectivity index (χ4n) is 4.28. The quantitative estimate of drug-likeness (QED) is 0.368. The molecule has 0 aliphatic carbocycles. The number of rotatable bonds is 6. The summed E-state index contributed by atoms with van der Waals surface area (Å²) in [5.74, 6) is -1.80. The van der Waals surface area contributed by atoms with Crippen LogP contribution in [0.4, 0.5) is 26.3 Å². The summed E-state index contributed by atoms with van der Waals surface area (Å²) in [7, 11) is 0. The first-order valence-corrected chi connectivity index (χ1v) is 11.8. The maximum atomic E-state index is 14.4. The molecule has 1 heterocycles. The second-order valence-corrected chi connectivity index (χ2v) is 9.37. The molecule has 13 heteroatoms. The van der Waals surface area contributed by atoms with Crippen molar-refractivity contribution in [2.45, 2.75) is 31.3 Å². The van der Waals surface area contributed by atoms with Crippen LogP contribution in [0.3, 0.4) is 0 Å². The highest BCUT2D eigenvalue weighted by molar-refractivity contribution is 6.30. The van der Waals surface area contributed by atoms with Gasteiger partial charge in [-0.3, -0.25) is 9.59 Å². The van der Waals surface area contributed by atoms with Gasteiger partial charge in [0.05, 0.1) is 12.3 Å². The van der Waals surface area contributed by atoms with E-state index in [-0.39, 0.29) is 27.4 Å². The SMILES string of the molecule is Cc1cc(Cl)cc(C2(C(F)(F)F)CC(c3ccc(C(=O)NCC(=O)NCC(F)(F)F)c4ccccc34)=NO2)c1. The van der Waals surface area contributed by atoms with Gasteiger partial charge in [0, 0.05) is 28.1 Å². The van der Waals surface area contributed by atoms with Crippen LogP contribution in [-0.2, 0) is 15.2 Å². The Morgan fingerprint density at radius 1 is 1.00 bits per heavy atom.